The van der Waals surface area contributed by atoms with Crippen molar-refractivity contribution in [3.05, 3.63) is 30.1 Å². The number of amides is 1. The van der Waals surface area contributed by atoms with Crippen molar-refractivity contribution in [1.82, 2.24) is 10.2 Å². The van der Waals surface area contributed by atoms with Gasteiger partial charge in [-0.2, -0.15) is 0 Å². The van der Waals surface area contributed by atoms with Crippen LogP contribution in [0.2, 0.25) is 0 Å². The summed E-state index contributed by atoms with van der Waals surface area (Å²) in [5.74, 6) is 0.623. The molecule has 1 aromatic carbocycles. The van der Waals surface area contributed by atoms with Crippen LogP contribution in [0.5, 0.6) is 5.75 Å². The predicted molar refractivity (Wildman–Crippen MR) is 79.7 cm³/mol. The zero-order valence-corrected chi connectivity index (χ0v) is 12.5. The van der Waals surface area contributed by atoms with E-state index in [4.69, 9.17) is 4.74 Å². The van der Waals surface area contributed by atoms with Gasteiger partial charge in [0.2, 0.25) is 5.91 Å². The molecule has 0 unspecified atom stereocenters. The molecule has 1 amide bonds. The molecule has 1 atom stereocenters. The number of hydrogen-bond acceptors (Lipinski definition) is 3. The van der Waals surface area contributed by atoms with Crippen LogP contribution in [0.4, 0.5) is 4.39 Å². The lowest BCUT2D eigenvalue weighted by Crippen LogP contribution is -2.30. The van der Waals surface area contributed by atoms with Crippen molar-refractivity contribution in [2.45, 2.75) is 19.3 Å². The fourth-order valence-corrected chi connectivity index (χ4v) is 2.64. The average molecular weight is 294 g/mol. The van der Waals surface area contributed by atoms with Crippen LogP contribution in [0.15, 0.2) is 24.3 Å². The summed E-state index contributed by atoms with van der Waals surface area (Å²) in [6.07, 6.45) is 2.14. The SMILES string of the molecule is CNC[C@H]1CCN(C(=O)CCCOc2ccccc2F)C1. The van der Waals surface area contributed by atoms with Crippen LogP contribution in [0.25, 0.3) is 0 Å². The van der Waals surface area contributed by atoms with Crippen LogP contribution < -0.4 is 10.1 Å². The standard InChI is InChI=1S/C16H23FN2O2/c1-18-11-13-8-9-19(12-13)16(20)7-4-10-21-15-6-3-2-5-14(15)17/h2-3,5-6,13,18H,4,7-12H2,1H3/t13-/m1/s1. The van der Waals surface area contributed by atoms with E-state index in [1.54, 1.807) is 18.2 Å². The molecular formula is C16H23FN2O2. The summed E-state index contributed by atoms with van der Waals surface area (Å²) >= 11 is 0. The second kappa shape index (κ2) is 7.98. The number of nitrogens with one attached hydrogen (secondary N) is 1. The fraction of sp³-hybridized carbons (Fsp3) is 0.562. The van der Waals surface area contributed by atoms with Gasteiger partial charge in [0, 0.05) is 19.5 Å². The van der Waals surface area contributed by atoms with E-state index in [2.05, 4.69) is 5.32 Å². The van der Waals surface area contributed by atoms with Gasteiger partial charge < -0.3 is 15.0 Å². The Bertz CT molecular complexity index is 467. The number of carbonyl (C=O) groups is 1. The predicted octanol–water partition coefficient (Wildman–Crippen LogP) is 2.05. The molecule has 1 aliphatic rings. The summed E-state index contributed by atoms with van der Waals surface area (Å²) in [5.41, 5.74) is 0. The third-order valence-electron chi connectivity index (χ3n) is 3.76. The maximum Gasteiger partial charge on any atom is 0.222 e. The zero-order valence-electron chi connectivity index (χ0n) is 12.5. The Morgan fingerprint density at radius 1 is 1.48 bits per heavy atom. The van der Waals surface area contributed by atoms with Gasteiger partial charge in [-0.05, 0) is 44.5 Å². The van der Waals surface area contributed by atoms with Crippen LogP contribution in [-0.2, 0) is 4.79 Å². The van der Waals surface area contributed by atoms with E-state index in [-0.39, 0.29) is 17.5 Å². The topological polar surface area (TPSA) is 41.6 Å². The lowest BCUT2D eigenvalue weighted by Gasteiger charge is -2.16. The highest BCUT2D eigenvalue weighted by Crippen LogP contribution is 2.18. The lowest BCUT2D eigenvalue weighted by molar-refractivity contribution is -0.130. The molecule has 0 aliphatic carbocycles. The van der Waals surface area contributed by atoms with Crippen LogP contribution in [0.1, 0.15) is 19.3 Å². The fourth-order valence-electron chi connectivity index (χ4n) is 2.64. The molecule has 1 saturated heterocycles. The van der Waals surface area contributed by atoms with Crippen LogP contribution in [0, 0.1) is 11.7 Å². The number of ether oxygens (including phenoxy) is 1. The minimum absolute atomic E-state index is 0.172. The molecule has 2 rings (SSSR count). The van der Waals surface area contributed by atoms with Gasteiger partial charge >= 0.3 is 0 Å². The van der Waals surface area contributed by atoms with E-state index in [9.17, 15) is 9.18 Å². The third kappa shape index (κ3) is 4.70. The van der Waals surface area contributed by atoms with E-state index < -0.39 is 0 Å². The van der Waals surface area contributed by atoms with Gasteiger partial charge in [0.25, 0.3) is 0 Å². The number of nitrogens with zero attached hydrogens (tertiary/aromatic N) is 1. The van der Waals surface area contributed by atoms with Crippen molar-refractivity contribution in [1.29, 1.82) is 0 Å². The quantitative estimate of drug-likeness (QED) is 0.783. The first-order chi connectivity index (χ1) is 10.2. The number of likely N-dealkylation sites (tertiary alicyclic amines) is 1. The van der Waals surface area contributed by atoms with E-state index in [1.807, 2.05) is 11.9 Å². The number of hydrogen-bond donors (Lipinski definition) is 1. The summed E-state index contributed by atoms with van der Waals surface area (Å²) in [6, 6.07) is 6.32. The first-order valence-corrected chi connectivity index (χ1v) is 7.50. The molecule has 0 spiro atoms. The smallest absolute Gasteiger partial charge is 0.222 e. The maximum atomic E-state index is 13.3. The van der Waals surface area contributed by atoms with E-state index in [0.717, 1.165) is 26.1 Å². The summed E-state index contributed by atoms with van der Waals surface area (Å²) in [6.45, 7) is 3.01. The molecule has 21 heavy (non-hydrogen) atoms. The lowest BCUT2D eigenvalue weighted by atomic mass is 10.1. The molecule has 0 bridgehead atoms. The molecular weight excluding hydrogens is 271 g/mol. The van der Waals surface area contributed by atoms with Crippen molar-refractivity contribution >= 4 is 5.91 Å². The third-order valence-corrected chi connectivity index (χ3v) is 3.76. The van der Waals surface area contributed by atoms with Gasteiger partial charge in [-0.3, -0.25) is 4.79 Å². The normalized spacial score (nSPS) is 18.0. The Hall–Kier alpha value is -1.62. The number of halogens is 1. The number of rotatable bonds is 7. The highest BCUT2D eigenvalue weighted by Gasteiger charge is 2.25. The molecule has 1 heterocycles. The average Bonchev–Trinajstić information content (AvgIpc) is 2.94. The minimum atomic E-state index is -0.363. The van der Waals surface area contributed by atoms with Gasteiger partial charge in [-0.25, -0.2) is 4.39 Å². The van der Waals surface area contributed by atoms with E-state index >= 15 is 0 Å². The Labute approximate surface area is 125 Å². The summed E-state index contributed by atoms with van der Waals surface area (Å²) in [5, 5.41) is 3.15. The Balaban J connectivity index is 1.65. The second-order valence-electron chi connectivity index (χ2n) is 5.43. The molecule has 116 valence electrons. The molecule has 1 N–H and O–H groups in total. The van der Waals surface area contributed by atoms with Gasteiger partial charge in [-0.15, -0.1) is 0 Å². The molecule has 5 heteroatoms. The van der Waals surface area contributed by atoms with E-state index in [1.165, 1.54) is 6.07 Å². The molecule has 4 nitrogen and oxygen atoms in total. The van der Waals surface area contributed by atoms with Gasteiger partial charge in [0.05, 0.1) is 6.61 Å². The van der Waals surface area contributed by atoms with Crippen molar-refractivity contribution in [3.63, 3.8) is 0 Å². The highest BCUT2D eigenvalue weighted by atomic mass is 19.1. The second-order valence-corrected chi connectivity index (χ2v) is 5.43. The largest absolute Gasteiger partial charge is 0.491 e. The summed E-state index contributed by atoms with van der Waals surface area (Å²) in [4.78, 5) is 14.0. The van der Waals surface area contributed by atoms with Crippen molar-refractivity contribution in [2.75, 3.05) is 33.3 Å². The molecule has 0 radical (unpaired) electrons. The van der Waals surface area contributed by atoms with Gasteiger partial charge in [-0.1, -0.05) is 12.1 Å². The number of carbonyl (C=O) groups excluding carboxylic acids is 1. The molecule has 1 aromatic rings. The summed E-state index contributed by atoms with van der Waals surface area (Å²) < 4.78 is 18.7. The molecule has 0 saturated carbocycles. The van der Waals surface area contributed by atoms with Crippen LogP contribution >= 0.6 is 0 Å². The van der Waals surface area contributed by atoms with Crippen LogP contribution in [-0.4, -0.2) is 44.1 Å². The van der Waals surface area contributed by atoms with Gasteiger partial charge in [0.1, 0.15) is 0 Å². The van der Waals surface area contributed by atoms with Crippen molar-refractivity contribution < 1.29 is 13.9 Å². The highest BCUT2D eigenvalue weighted by molar-refractivity contribution is 5.76. The first kappa shape index (κ1) is 15.8. The molecule has 1 aliphatic heterocycles. The first-order valence-electron chi connectivity index (χ1n) is 7.50. The monoisotopic (exact) mass is 294 g/mol. The summed E-state index contributed by atoms with van der Waals surface area (Å²) in [7, 11) is 1.94. The number of benzene rings is 1. The van der Waals surface area contributed by atoms with Gasteiger partial charge in [0.15, 0.2) is 11.6 Å². The maximum absolute atomic E-state index is 13.3. The minimum Gasteiger partial charge on any atom is -0.491 e. The Morgan fingerprint density at radius 3 is 3.05 bits per heavy atom. The zero-order chi connectivity index (χ0) is 15.1. The number of para-hydroxylation sites is 1. The van der Waals surface area contributed by atoms with Crippen molar-refractivity contribution in [3.8, 4) is 5.75 Å². The molecule has 1 fully saturated rings. The Morgan fingerprint density at radius 2 is 2.29 bits per heavy atom. The Kier molecular flexibility index (Phi) is 5.99. The van der Waals surface area contributed by atoms with Crippen molar-refractivity contribution in [2.24, 2.45) is 5.92 Å². The van der Waals surface area contributed by atoms with E-state index in [0.29, 0.717) is 25.4 Å². The molecule has 0 aromatic heterocycles. The van der Waals surface area contributed by atoms with Crippen LogP contribution in [0.3, 0.4) is 0 Å².